The van der Waals surface area contributed by atoms with Gasteiger partial charge in [0.15, 0.2) is 17.2 Å². The molecule has 0 saturated heterocycles. The number of hydrogen-bond acceptors (Lipinski definition) is 5. The standard InChI is InChI=1S/C17H10FNO4/c18-12-4-1-10(2-5-12)7-13-17(20)23-16(19-13)11-3-6-14-15(8-11)22-9-21-14/h1-8H,9H2. The van der Waals surface area contributed by atoms with Gasteiger partial charge in [-0.2, -0.15) is 0 Å². The summed E-state index contributed by atoms with van der Waals surface area (Å²) in [7, 11) is 0. The molecule has 23 heavy (non-hydrogen) atoms. The SMILES string of the molecule is O=C1OC(c2ccc3c(c2)OCO3)=NC1=Cc1ccc(F)cc1. The fourth-order valence-electron chi connectivity index (χ4n) is 2.28. The summed E-state index contributed by atoms with van der Waals surface area (Å²) >= 11 is 0. The van der Waals surface area contributed by atoms with Crippen LogP contribution in [0.4, 0.5) is 4.39 Å². The molecular formula is C17H10FNO4. The molecule has 0 amide bonds. The summed E-state index contributed by atoms with van der Waals surface area (Å²) in [6.45, 7) is 0.167. The van der Waals surface area contributed by atoms with E-state index in [-0.39, 0.29) is 24.2 Å². The summed E-state index contributed by atoms with van der Waals surface area (Å²) in [6, 6.07) is 10.9. The average Bonchev–Trinajstić information content (AvgIpc) is 3.16. The van der Waals surface area contributed by atoms with Crippen LogP contribution in [0, 0.1) is 5.82 Å². The zero-order valence-electron chi connectivity index (χ0n) is 11.8. The Kier molecular flexibility index (Phi) is 3.08. The number of rotatable bonds is 2. The first kappa shape index (κ1) is 13.5. The van der Waals surface area contributed by atoms with Crippen LogP contribution in [-0.2, 0) is 9.53 Å². The van der Waals surface area contributed by atoms with Crippen LogP contribution in [0.1, 0.15) is 11.1 Å². The Balaban J connectivity index is 1.66. The van der Waals surface area contributed by atoms with Gasteiger partial charge in [0.1, 0.15) is 5.82 Å². The smallest absolute Gasteiger partial charge is 0.363 e. The Morgan fingerprint density at radius 1 is 1.04 bits per heavy atom. The molecule has 0 bridgehead atoms. The zero-order valence-corrected chi connectivity index (χ0v) is 11.8. The molecule has 0 atom stereocenters. The van der Waals surface area contributed by atoms with Gasteiger partial charge in [-0.25, -0.2) is 14.2 Å². The van der Waals surface area contributed by atoms with Gasteiger partial charge >= 0.3 is 5.97 Å². The summed E-state index contributed by atoms with van der Waals surface area (Å²) in [5, 5.41) is 0. The molecule has 5 nitrogen and oxygen atoms in total. The number of fused-ring (bicyclic) bond motifs is 1. The molecule has 0 N–H and O–H groups in total. The average molecular weight is 311 g/mol. The Morgan fingerprint density at radius 2 is 1.83 bits per heavy atom. The van der Waals surface area contributed by atoms with E-state index >= 15 is 0 Å². The maximum absolute atomic E-state index is 12.9. The summed E-state index contributed by atoms with van der Waals surface area (Å²) in [5.74, 6) is 0.521. The highest BCUT2D eigenvalue weighted by molar-refractivity contribution is 6.13. The van der Waals surface area contributed by atoms with Crippen molar-refractivity contribution >= 4 is 17.9 Å². The van der Waals surface area contributed by atoms with Gasteiger partial charge in [-0.05, 0) is 42.0 Å². The number of esters is 1. The monoisotopic (exact) mass is 311 g/mol. The largest absolute Gasteiger partial charge is 0.454 e. The molecule has 2 heterocycles. The van der Waals surface area contributed by atoms with Gasteiger partial charge in [0, 0.05) is 5.56 Å². The maximum atomic E-state index is 12.9. The van der Waals surface area contributed by atoms with Gasteiger partial charge < -0.3 is 14.2 Å². The van der Waals surface area contributed by atoms with E-state index < -0.39 is 5.97 Å². The van der Waals surface area contributed by atoms with E-state index in [2.05, 4.69) is 4.99 Å². The van der Waals surface area contributed by atoms with Crippen LogP contribution in [0.2, 0.25) is 0 Å². The molecule has 0 fully saturated rings. The molecule has 0 saturated carbocycles. The number of aliphatic imine (C=N–C) groups is 1. The van der Waals surface area contributed by atoms with Crippen molar-refractivity contribution in [1.82, 2.24) is 0 Å². The van der Waals surface area contributed by atoms with Crippen LogP contribution in [0.3, 0.4) is 0 Å². The lowest BCUT2D eigenvalue weighted by Crippen LogP contribution is -2.05. The van der Waals surface area contributed by atoms with Crippen LogP contribution in [0.5, 0.6) is 11.5 Å². The molecular weight excluding hydrogens is 301 g/mol. The van der Waals surface area contributed by atoms with E-state index in [0.717, 1.165) is 0 Å². The number of cyclic esters (lactones) is 1. The minimum absolute atomic E-state index is 0.157. The molecule has 2 aromatic rings. The van der Waals surface area contributed by atoms with Crippen molar-refractivity contribution in [3.8, 4) is 11.5 Å². The van der Waals surface area contributed by atoms with Crippen molar-refractivity contribution in [2.24, 2.45) is 4.99 Å². The van der Waals surface area contributed by atoms with Gasteiger partial charge in [-0.15, -0.1) is 0 Å². The molecule has 2 aliphatic heterocycles. The van der Waals surface area contributed by atoms with E-state index in [1.807, 2.05) is 0 Å². The predicted octanol–water partition coefficient (Wildman–Crippen LogP) is 2.90. The van der Waals surface area contributed by atoms with E-state index in [9.17, 15) is 9.18 Å². The molecule has 0 aromatic heterocycles. The second kappa shape index (κ2) is 5.24. The number of hydrogen-bond donors (Lipinski definition) is 0. The Hall–Kier alpha value is -3.15. The third-order valence-corrected chi connectivity index (χ3v) is 3.41. The zero-order chi connectivity index (χ0) is 15.8. The van der Waals surface area contributed by atoms with Gasteiger partial charge in [0.2, 0.25) is 12.7 Å². The molecule has 0 aliphatic carbocycles. The molecule has 114 valence electrons. The van der Waals surface area contributed by atoms with Gasteiger partial charge in [0.05, 0.1) is 0 Å². The highest BCUT2D eigenvalue weighted by Crippen LogP contribution is 2.33. The highest BCUT2D eigenvalue weighted by atomic mass is 19.1. The van der Waals surface area contributed by atoms with Gasteiger partial charge in [-0.3, -0.25) is 0 Å². The summed E-state index contributed by atoms with van der Waals surface area (Å²) in [6.07, 6.45) is 1.54. The first-order valence-electron chi connectivity index (χ1n) is 6.87. The maximum Gasteiger partial charge on any atom is 0.363 e. The molecule has 0 radical (unpaired) electrons. The first-order chi connectivity index (χ1) is 11.2. The normalized spacial score (nSPS) is 17.3. The minimum Gasteiger partial charge on any atom is -0.454 e. The molecule has 0 unspecified atom stereocenters. The minimum atomic E-state index is -0.554. The van der Waals surface area contributed by atoms with Crippen molar-refractivity contribution in [1.29, 1.82) is 0 Å². The number of ether oxygens (including phenoxy) is 3. The number of carbonyl (C=O) groups excluding carboxylic acids is 1. The number of benzene rings is 2. The fourth-order valence-corrected chi connectivity index (χ4v) is 2.28. The van der Waals surface area contributed by atoms with Crippen molar-refractivity contribution in [2.75, 3.05) is 6.79 Å². The third-order valence-electron chi connectivity index (χ3n) is 3.41. The van der Waals surface area contributed by atoms with Crippen molar-refractivity contribution in [2.45, 2.75) is 0 Å². The van der Waals surface area contributed by atoms with Crippen molar-refractivity contribution in [3.05, 3.63) is 65.1 Å². The van der Waals surface area contributed by atoms with Gasteiger partial charge in [-0.1, -0.05) is 12.1 Å². The Bertz CT molecular complexity index is 855. The fraction of sp³-hybridized carbons (Fsp3) is 0.0588. The number of nitrogens with zero attached hydrogens (tertiary/aromatic N) is 1. The second-order valence-electron chi connectivity index (χ2n) is 4.96. The lowest BCUT2D eigenvalue weighted by atomic mass is 10.2. The van der Waals surface area contributed by atoms with E-state index in [4.69, 9.17) is 14.2 Å². The Labute approximate surface area is 130 Å². The molecule has 6 heteroatoms. The number of carbonyl (C=O) groups is 1. The van der Waals surface area contributed by atoms with Crippen LogP contribution in [0.15, 0.2) is 53.2 Å². The lowest BCUT2D eigenvalue weighted by molar-refractivity contribution is -0.129. The summed E-state index contributed by atoms with van der Waals surface area (Å²) in [5.41, 5.74) is 1.43. The van der Waals surface area contributed by atoms with Crippen LogP contribution >= 0.6 is 0 Å². The predicted molar refractivity (Wildman–Crippen MR) is 79.6 cm³/mol. The molecule has 2 aromatic carbocycles. The Morgan fingerprint density at radius 3 is 2.65 bits per heavy atom. The lowest BCUT2D eigenvalue weighted by Gasteiger charge is -2.01. The van der Waals surface area contributed by atoms with E-state index in [1.54, 1.807) is 36.4 Å². The quantitative estimate of drug-likeness (QED) is 0.632. The van der Waals surface area contributed by atoms with Crippen molar-refractivity contribution < 1.29 is 23.4 Å². The summed E-state index contributed by atoms with van der Waals surface area (Å²) < 4.78 is 28.6. The second-order valence-corrected chi connectivity index (χ2v) is 4.96. The van der Waals surface area contributed by atoms with E-state index in [0.29, 0.717) is 22.6 Å². The van der Waals surface area contributed by atoms with Gasteiger partial charge in [0.25, 0.3) is 0 Å². The highest BCUT2D eigenvalue weighted by Gasteiger charge is 2.25. The molecule has 2 aliphatic rings. The molecule has 4 rings (SSSR count). The van der Waals surface area contributed by atoms with Crippen LogP contribution in [-0.4, -0.2) is 18.7 Å². The van der Waals surface area contributed by atoms with E-state index in [1.165, 1.54) is 12.1 Å². The number of halogens is 1. The van der Waals surface area contributed by atoms with Crippen molar-refractivity contribution in [3.63, 3.8) is 0 Å². The van der Waals surface area contributed by atoms with Crippen LogP contribution in [0.25, 0.3) is 6.08 Å². The summed E-state index contributed by atoms with van der Waals surface area (Å²) in [4.78, 5) is 16.1. The topological polar surface area (TPSA) is 57.1 Å². The third kappa shape index (κ3) is 2.55. The molecule has 0 spiro atoms. The van der Waals surface area contributed by atoms with Crippen LogP contribution < -0.4 is 9.47 Å². The first-order valence-corrected chi connectivity index (χ1v) is 6.87.